The highest BCUT2D eigenvalue weighted by Crippen LogP contribution is 2.30. The van der Waals surface area contributed by atoms with Crippen molar-refractivity contribution in [3.8, 4) is 11.1 Å². The van der Waals surface area contributed by atoms with Gasteiger partial charge < -0.3 is 9.30 Å². The molecule has 3 aromatic rings. The van der Waals surface area contributed by atoms with E-state index in [2.05, 4.69) is 17.1 Å². The molecule has 4 heteroatoms. The molecular formula is C21H22N2O2. The Morgan fingerprint density at radius 3 is 2.28 bits per heavy atom. The van der Waals surface area contributed by atoms with E-state index in [9.17, 15) is 4.79 Å². The molecule has 128 valence electrons. The molecule has 1 unspecified atom stereocenters. The van der Waals surface area contributed by atoms with E-state index in [1.165, 1.54) is 0 Å². The molecule has 4 nitrogen and oxygen atoms in total. The van der Waals surface area contributed by atoms with Crippen LogP contribution < -0.4 is 0 Å². The van der Waals surface area contributed by atoms with Crippen molar-refractivity contribution in [1.29, 1.82) is 0 Å². The predicted octanol–water partition coefficient (Wildman–Crippen LogP) is 4.19. The molecule has 0 bridgehead atoms. The molecule has 0 aliphatic heterocycles. The summed E-state index contributed by atoms with van der Waals surface area (Å²) >= 11 is 0. The van der Waals surface area contributed by atoms with Crippen LogP contribution in [-0.4, -0.2) is 22.1 Å². The number of nitrogens with zero attached hydrogens (tertiary/aromatic N) is 2. The highest BCUT2D eigenvalue weighted by molar-refractivity contribution is 5.83. The molecule has 0 spiro atoms. The number of rotatable bonds is 5. The standard InChI is InChI=1S/C21H22N2O2/c1-4-25-20(24)21(3,23-14-16(2)22-15-23)19-12-10-18(11-13-19)17-8-6-5-7-9-17/h5-15H,4H2,1-3H3. The van der Waals surface area contributed by atoms with E-state index >= 15 is 0 Å². The fourth-order valence-electron chi connectivity index (χ4n) is 2.93. The normalized spacial score (nSPS) is 13.2. The van der Waals surface area contributed by atoms with Crippen LogP contribution in [0.1, 0.15) is 25.1 Å². The third-order valence-corrected chi connectivity index (χ3v) is 4.46. The Kier molecular flexibility index (Phi) is 4.70. The van der Waals surface area contributed by atoms with Crippen LogP contribution >= 0.6 is 0 Å². The first kappa shape index (κ1) is 17.0. The summed E-state index contributed by atoms with van der Waals surface area (Å²) in [6.07, 6.45) is 3.54. The first-order valence-corrected chi connectivity index (χ1v) is 8.40. The average molecular weight is 334 g/mol. The number of hydrogen-bond donors (Lipinski definition) is 0. The number of esters is 1. The van der Waals surface area contributed by atoms with Crippen LogP contribution in [0, 0.1) is 6.92 Å². The Labute approximate surface area is 148 Å². The van der Waals surface area contributed by atoms with Crippen LogP contribution in [-0.2, 0) is 15.1 Å². The van der Waals surface area contributed by atoms with Gasteiger partial charge in [-0.15, -0.1) is 0 Å². The molecule has 1 atom stereocenters. The van der Waals surface area contributed by atoms with Crippen molar-refractivity contribution >= 4 is 5.97 Å². The molecule has 2 aromatic carbocycles. The average Bonchev–Trinajstić information content (AvgIpc) is 3.09. The first-order chi connectivity index (χ1) is 12.1. The number of ether oxygens (including phenoxy) is 1. The van der Waals surface area contributed by atoms with Crippen LogP contribution in [0.2, 0.25) is 0 Å². The van der Waals surface area contributed by atoms with Gasteiger partial charge in [0.1, 0.15) is 0 Å². The smallest absolute Gasteiger partial charge is 0.336 e. The number of imidazole rings is 1. The Morgan fingerprint density at radius 1 is 1.08 bits per heavy atom. The number of carbonyl (C=O) groups excluding carboxylic acids is 1. The van der Waals surface area contributed by atoms with Gasteiger partial charge >= 0.3 is 5.97 Å². The Hall–Kier alpha value is -2.88. The van der Waals surface area contributed by atoms with Crippen molar-refractivity contribution in [3.05, 3.63) is 78.4 Å². The number of benzene rings is 2. The zero-order valence-corrected chi connectivity index (χ0v) is 14.8. The summed E-state index contributed by atoms with van der Waals surface area (Å²) in [6, 6.07) is 18.2. The predicted molar refractivity (Wildman–Crippen MR) is 98.2 cm³/mol. The lowest BCUT2D eigenvalue weighted by molar-refractivity contribution is -0.150. The van der Waals surface area contributed by atoms with Crippen molar-refractivity contribution in [3.63, 3.8) is 0 Å². The first-order valence-electron chi connectivity index (χ1n) is 8.40. The molecule has 0 fully saturated rings. The third-order valence-electron chi connectivity index (χ3n) is 4.46. The van der Waals surface area contributed by atoms with Crippen LogP contribution in [0.3, 0.4) is 0 Å². The van der Waals surface area contributed by atoms with Gasteiger partial charge in [-0.2, -0.15) is 0 Å². The van der Waals surface area contributed by atoms with E-state index in [4.69, 9.17) is 4.74 Å². The van der Waals surface area contributed by atoms with E-state index < -0.39 is 5.54 Å². The lowest BCUT2D eigenvalue weighted by Crippen LogP contribution is -2.41. The van der Waals surface area contributed by atoms with Gasteiger partial charge in [0.15, 0.2) is 5.54 Å². The number of hydrogen-bond acceptors (Lipinski definition) is 3. The van der Waals surface area contributed by atoms with Gasteiger partial charge in [0.05, 0.1) is 18.6 Å². The van der Waals surface area contributed by atoms with Gasteiger partial charge in [-0.05, 0) is 37.5 Å². The fourth-order valence-corrected chi connectivity index (χ4v) is 2.93. The SMILES string of the molecule is CCOC(=O)C(C)(c1ccc(-c2ccccc2)cc1)n1cnc(C)c1. The van der Waals surface area contributed by atoms with Crippen LogP contribution in [0.5, 0.6) is 0 Å². The largest absolute Gasteiger partial charge is 0.464 e. The fraction of sp³-hybridized carbons (Fsp3) is 0.238. The van der Waals surface area contributed by atoms with E-state index in [0.29, 0.717) is 6.61 Å². The summed E-state index contributed by atoms with van der Waals surface area (Å²) in [7, 11) is 0. The van der Waals surface area contributed by atoms with Crippen molar-refractivity contribution in [2.45, 2.75) is 26.3 Å². The zero-order chi connectivity index (χ0) is 17.9. The highest BCUT2D eigenvalue weighted by Gasteiger charge is 2.38. The number of aromatic nitrogens is 2. The Morgan fingerprint density at radius 2 is 1.72 bits per heavy atom. The second kappa shape index (κ2) is 6.93. The van der Waals surface area contributed by atoms with Crippen molar-refractivity contribution < 1.29 is 9.53 Å². The Balaban J connectivity index is 2.03. The molecule has 0 saturated heterocycles. The topological polar surface area (TPSA) is 44.1 Å². The van der Waals surface area contributed by atoms with Gasteiger partial charge in [0.2, 0.25) is 0 Å². The molecule has 0 aliphatic carbocycles. The molecule has 25 heavy (non-hydrogen) atoms. The minimum atomic E-state index is -0.952. The van der Waals surface area contributed by atoms with E-state index in [0.717, 1.165) is 22.4 Å². The Bertz CT molecular complexity index is 853. The van der Waals surface area contributed by atoms with Gasteiger partial charge in [-0.1, -0.05) is 54.6 Å². The van der Waals surface area contributed by atoms with Crippen molar-refractivity contribution in [1.82, 2.24) is 9.55 Å². The van der Waals surface area contributed by atoms with E-state index in [1.54, 1.807) is 6.33 Å². The van der Waals surface area contributed by atoms with E-state index in [-0.39, 0.29) is 5.97 Å². The quantitative estimate of drug-likeness (QED) is 0.657. The number of carbonyl (C=O) groups is 1. The van der Waals surface area contributed by atoms with Crippen LogP contribution in [0.4, 0.5) is 0 Å². The molecule has 0 aliphatic rings. The van der Waals surface area contributed by atoms with E-state index in [1.807, 2.05) is 74.0 Å². The van der Waals surface area contributed by atoms with Gasteiger partial charge in [0.25, 0.3) is 0 Å². The second-order valence-electron chi connectivity index (χ2n) is 6.16. The molecule has 0 radical (unpaired) electrons. The van der Waals surface area contributed by atoms with Gasteiger partial charge in [-0.3, -0.25) is 0 Å². The summed E-state index contributed by atoms with van der Waals surface area (Å²) in [4.78, 5) is 17.0. The number of aryl methyl sites for hydroxylation is 1. The lowest BCUT2D eigenvalue weighted by Gasteiger charge is -2.29. The molecule has 0 N–H and O–H groups in total. The van der Waals surface area contributed by atoms with Crippen LogP contribution in [0.15, 0.2) is 67.1 Å². The summed E-state index contributed by atoms with van der Waals surface area (Å²) < 4.78 is 7.17. The maximum atomic E-state index is 12.8. The molecule has 0 amide bonds. The van der Waals surface area contributed by atoms with Gasteiger partial charge in [-0.25, -0.2) is 9.78 Å². The van der Waals surface area contributed by atoms with Crippen molar-refractivity contribution in [2.75, 3.05) is 6.61 Å². The molecule has 0 saturated carbocycles. The minimum Gasteiger partial charge on any atom is -0.464 e. The molecule has 3 rings (SSSR count). The minimum absolute atomic E-state index is 0.292. The molecule has 1 heterocycles. The van der Waals surface area contributed by atoms with Crippen molar-refractivity contribution in [2.24, 2.45) is 0 Å². The summed E-state index contributed by atoms with van der Waals surface area (Å²) in [5, 5.41) is 0. The zero-order valence-electron chi connectivity index (χ0n) is 14.8. The third kappa shape index (κ3) is 3.20. The summed E-state index contributed by atoms with van der Waals surface area (Å²) in [5.41, 5.74) is 3.02. The lowest BCUT2D eigenvalue weighted by atomic mass is 9.90. The van der Waals surface area contributed by atoms with Gasteiger partial charge in [0, 0.05) is 6.20 Å². The summed E-state index contributed by atoms with van der Waals surface area (Å²) in [5.74, 6) is -0.292. The maximum Gasteiger partial charge on any atom is 0.336 e. The highest BCUT2D eigenvalue weighted by atomic mass is 16.5. The second-order valence-corrected chi connectivity index (χ2v) is 6.16. The monoisotopic (exact) mass is 334 g/mol. The molecular weight excluding hydrogens is 312 g/mol. The van der Waals surface area contributed by atoms with Crippen LogP contribution in [0.25, 0.3) is 11.1 Å². The maximum absolute atomic E-state index is 12.8. The summed E-state index contributed by atoms with van der Waals surface area (Å²) in [6.45, 7) is 5.92. The molecule has 1 aromatic heterocycles.